The highest BCUT2D eigenvalue weighted by Gasteiger charge is 2.25. The van der Waals surface area contributed by atoms with Crippen molar-refractivity contribution in [1.29, 1.82) is 0 Å². The van der Waals surface area contributed by atoms with Crippen LogP contribution in [0, 0.1) is 3.57 Å². The van der Waals surface area contributed by atoms with Crippen LogP contribution in [0.3, 0.4) is 0 Å². The summed E-state index contributed by atoms with van der Waals surface area (Å²) in [5.41, 5.74) is 3.88. The lowest BCUT2D eigenvalue weighted by molar-refractivity contribution is -0.0330. The third-order valence-electron chi connectivity index (χ3n) is 5.60. The Labute approximate surface area is 188 Å². The van der Waals surface area contributed by atoms with Gasteiger partial charge in [0.05, 0.1) is 6.10 Å². The molecule has 0 saturated carbocycles. The molecule has 150 valence electrons. The molecule has 3 aromatic rings. The van der Waals surface area contributed by atoms with Crippen molar-refractivity contribution in [2.24, 2.45) is 0 Å². The van der Waals surface area contributed by atoms with Crippen molar-refractivity contribution in [2.75, 3.05) is 19.6 Å². The number of hydrogen-bond donors (Lipinski definition) is 0. The second-order valence-electron chi connectivity index (χ2n) is 7.78. The van der Waals surface area contributed by atoms with Crippen molar-refractivity contribution >= 4 is 22.6 Å². The van der Waals surface area contributed by atoms with Gasteiger partial charge < -0.3 is 9.64 Å². The molecule has 4 rings (SSSR count). The summed E-state index contributed by atoms with van der Waals surface area (Å²) in [5.74, 6) is 0. The Balaban J connectivity index is 1.41. The van der Waals surface area contributed by atoms with Gasteiger partial charge in [-0.3, -0.25) is 0 Å². The zero-order valence-corrected chi connectivity index (χ0v) is 18.9. The van der Waals surface area contributed by atoms with E-state index in [0.717, 1.165) is 25.9 Å². The Morgan fingerprint density at radius 1 is 0.897 bits per heavy atom. The lowest BCUT2D eigenvalue weighted by Crippen LogP contribution is -2.41. The molecule has 0 unspecified atom stereocenters. The molecule has 1 heterocycles. The van der Waals surface area contributed by atoms with Crippen LogP contribution in [0.1, 0.15) is 35.6 Å². The van der Waals surface area contributed by atoms with Crippen LogP contribution in [0.4, 0.5) is 0 Å². The number of likely N-dealkylation sites (tertiary alicyclic amines) is 1. The Bertz CT molecular complexity index is 844. The fourth-order valence-corrected chi connectivity index (χ4v) is 4.71. The van der Waals surface area contributed by atoms with E-state index < -0.39 is 0 Å². The van der Waals surface area contributed by atoms with Gasteiger partial charge in [-0.1, -0.05) is 72.8 Å². The Kier molecular flexibility index (Phi) is 7.36. The molecule has 0 N–H and O–H groups in total. The smallest absolute Gasteiger partial charge is 0.108 e. The Hall–Kier alpha value is -1.69. The van der Waals surface area contributed by atoms with Gasteiger partial charge in [0.1, 0.15) is 6.10 Å². The molecule has 0 amide bonds. The molecule has 3 aromatic carbocycles. The van der Waals surface area contributed by atoms with E-state index in [0.29, 0.717) is 0 Å². The molecule has 3 heteroatoms. The SMILES string of the molecule is Ic1cccc(CCN2CCC[C@@H](OC(c3ccccc3)c3ccccc3)C2)c1. The molecule has 0 spiro atoms. The summed E-state index contributed by atoms with van der Waals surface area (Å²) in [4.78, 5) is 2.57. The average Bonchev–Trinajstić information content (AvgIpc) is 2.78. The largest absolute Gasteiger partial charge is 0.364 e. The molecule has 1 aliphatic rings. The van der Waals surface area contributed by atoms with Crippen LogP contribution in [0.25, 0.3) is 0 Å². The van der Waals surface area contributed by atoms with Gasteiger partial charge in [-0.05, 0) is 77.2 Å². The maximum absolute atomic E-state index is 6.72. The van der Waals surface area contributed by atoms with Crippen LogP contribution in [0.5, 0.6) is 0 Å². The number of hydrogen-bond acceptors (Lipinski definition) is 2. The van der Waals surface area contributed by atoms with Gasteiger partial charge in [0.15, 0.2) is 0 Å². The first-order chi connectivity index (χ1) is 14.3. The third kappa shape index (κ3) is 5.91. The molecule has 1 aliphatic heterocycles. The first-order valence-electron chi connectivity index (χ1n) is 10.5. The monoisotopic (exact) mass is 497 g/mol. The Morgan fingerprint density at radius 2 is 1.59 bits per heavy atom. The molecule has 2 nitrogen and oxygen atoms in total. The van der Waals surface area contributed by atoms with Crippen LogP contribution in [0.2, 0.25) is 0 Å². The minimum Gasteiger partial charge on any atom is -0.364 e. The molecule has 1 atom stereocenters. The van der Waals surface area contributed by atoms with E-state index in [2.05, 4.69) is 112 Å². The molecule has 0 bridgehead atoms. The van der Waals surface area contributed by atoms with E-state index in [1.807, 2.05) is 0 Å². The topological polar surface area (TPSA) is 12.5 Å². The van der Waals surface area contributed by atoms with E-state index in [1.165, 1.54) is 33.2 Å². The van der Waals surface area contributed by atoms with Gasteiger partial charge in [-0.2, -0.15) is 0 Å². The van der Waals surface area contributed by atoms with Crippen LogP contribution < -0.4 is 0 Å². The van der Waals surface area contributed by atoms with Gasteiger partial charge in [0, 0.05) is 16.7 Å². The summed E-state index contributed by atoms with van der Waals surface area (Å²) in [6.07, 6.45) is 3.70. The predicted octanol–water partition coefficient (Wildman–Crippen LogP) is 6.10. The molecule has 0 aromatic heterocycles. The highest BCUT2D eigenvalue weighted by atomic mass is 127. The predicted molar refractivity (Wildman–Crippen MR) is 128 cm³/mol. The maximum atomic E-state index is 6.72. The van der Waals surface area contributed by atoms with Crippen molar-refractivity contribution < 1.29 is 4.74 Å². The second-order valence-corrected chi connectivity index (χ2v) is 9.03. The van der Waals surface area contributed by atoms with Crippen molar-refractivity contribution in [3.8, 4) is 0 Å². The van der Waals surface area contributed by atoms with Crippen LogP contribution >= 0.6 is 22.6 Å². The molecule has 1 fully saturated rings. The number of nitrogens with zero attached hydrogens (tertiary/aromatic N) is 1. The minimum absolute atomic E-state index is 0.00180. The standard InChI is InChI=1S/C26H28INO/c27-24-14-7-9-21(19-24)16-18-28-17-8-15-25(20-28)29-26(22-10-3-1-4-11-22)23-12-5-2-6-13-23/h1-7,9-14,19,25-26H,8,15-18,20H2/t25-/m1/s1. The first-order valence-corrected chi connectivity index (χ1v) is 11.6. The number of piperidine rings is 1. The zero-order valence-electron chi connectivity index (χ0n) is 16.7. The van der Waals surface area contributed by atoms with Gasteiger partial charge in [-0.15, -0.1) is 0 Å². The summed E-state index contributed by atoms with van der Waals surface area (Å²) in [5, 5.41) is 0. The molecule has 0 radical (unpaired) electrons. The van der Waals surface area contributed by atoms with Gasteiger partial charge in [0.25, 0.3) is 0 Å². The summed E-state index contributed by atoms with van der Waals surface area (Å²) in [7, 11) is 0. The van der Waals surface area contributed by atoms with Gasteiger partial charge >= 0.3 is 0 Å². The quantitative estimate of drug-likeness (QED) is 0.366. The van der Waals surface area contributed by atoms with Crippen molar-refractivity contribution in [3.63, 3.8) is 0 Å². The van der Waals surface area contributed by atoms with E-state index in [9.17, 15) is 0 Å². The maximum Gasteiger partial charge on any atom is 0.108 e. The fraction of sp³-hybridized carbons (Fsp3) is 0.308. The highest BCUT2D eigenvalue weighted by Crippen LogP contribution is 2.29. The Morgan fingerprint density at radius 3 is 2.24 bits per heavy atom. The summed E-state index contributed by atoms with van der Waals surface area (Å²) >= 11 is 2.39. The first kappa shape index (κ1) is 20.6. The van der Waals surface area contributed by atoms with Gasteiger partial charge in [0.2, 0.25) is 0 Å². The van der Waals surface area contributed by atoms with E-state index >= 15 is 0 Å². The molecular formula is C26H28INO. The molecular weight excluding hydrogens is 469 g/mol. The van der Waals surface area contributed by atoms with Crippen LogP contribution in [-0.4, -0.2) is 30.6 Å². The summed E-state index contributed by atoms with van der Waals surface area (Å²) in [6, 6.07) is 30.1. The average molecular weight is 497 g/mol. The van der Waals surface area contributed by atoms with Crippen molar-refractivity contribution in [1.82, 2.24) is 4.90 Å². The number of rotatable bonds is 7. The fourth-order valence-electron chi connectivity index (χ4n) is 4.10. The minimum atomic E-state index is -0.00180. The lowest BCUT2D eigenvalue weighted by atomic mass is 10.00. The lowest BCUT2D eigenvalue weighted by Gasteiger charge is -2.35. The highest BCUT2D eigenvalue weighted by molar-refractivity contribution is 14.1. The second kappa shape index (κ2) is 10.4. The van der Waals surface area contributed by atoms with E-state index in [-0.39, 0.29) is 12.2 Å². The number of benzene rings is 3. The molecule has 1 saturated heterocycles. The molecule has 29 heavy (non-hydrogen) atoms. The summed E-state index contributed by atoms with van der Waals surface area (Å²) < 4.78 is 8.04. The van der Waals surface area contributed by atoms with E-state index in [1.54, 1.807) is 0 Å². The van der Waals surface area contributed by atoms with Gasteiger partial charge in [-0.25, -0.2) is 0 Å². The normalized spacial score (nSPS) is 17.5. The van der Waals surface area contributed by atoms with Crippen molar-refractivity contribution in [3.05, 3.63) is 105 Å². The molecule has 0 aliphatic carbocycles. The third-order valence-corrected chi connectivity index (χ3v) is 6.27. The summed E-state index contributed by atoms with van der Waals surface area (Å²) in [6.45, 7) is 3.28. The van der Waals surface area contributed by atoms with Crippen LogP contribution in [-0.2, 0) is 11.2 Å². The van der Waals surface area contributed by atoms with E-state index in [4.69, 9.17) is 4.74 Å². The van der Waals surface area contributed by atoms with Crippen molar-refractivity contribution in [2.45, 2.75) is 31.5 Å². The number of halogens is 1. The zero-order chi connectivity index (χ0) is 19.9. The number of ether oxygens (including phenoxy) is 1. The van der Waals surface area contributed by atoms with Crippen LogP contribution in [0.15, 0.2) is 84.9 Å².